The molecule has 3 aromatic rings. The highest BCUT2D eigenvalue weighted by atomic mass is 32.2. The third-order valence-corrected chi connectivity index (χ3v) is 6.01. The number of hydrogen-bond acceptors (Lipinski definition) is 7. The summed E-state index contributed by atoms with van der Waals surface area (Å²) in [5, 5.41) is 11.0. The van der Waals surface area contributed by atoms with Crippen LogP contribution in [0.25, 0.3) is 17.4 Å². The van der Waals surface area contributed by atoms with Crippen LogP contribution in [0.5, 0.6) is 5.75 Å². The Hall–Kier alpha value is -3.43. The summed E-state index contributed by atoms with van der Waals surface area (Å²) >= 11 is 6.63. The standard InChI is InChI=1S/C22H16N2O5S2/c1-13-5-3-4-6-17(13)23-21(25)20(31-22(23)30)12-15-8-10-18(29-15)16-9-7-14(24(26)27)11-19(16)28-2/h3-12H,1-2H3/b20-12+. The summed E-state index contributed by atoms with van der Waals surface area (Å²) in [7, 11) is 1.43. The molecule has 0 bridgehead atoms. The van der Waals surface area contributed by atoms with Gasteiger partial charge in [-0.2, -0.15) is 0 Å². The van der Waals surface area contributed by atoms with Gasteiger partial charge in [0.2, 0.25) is 0 Å². The molecule has 2 heterocycles. The van der Waals surface area contributed by atoms with E-state index >= 15 is 0 Å². The number of para-hydroxylation sites is 1. The van der Waals surface area contributed by atoms with Crippen LogP contribution >= 0.6 is 24.0 Å². The average molecular weight is 453 g/mol. The van der Waals surface area contributed by atoms with Crippen LogP contribution in [0.2, 0.25) is 0 Å². The van der Waals surface area contributed by atoms with E-state index in [1.54, 1.807) is 24.3 Å². The molecule has 1 aliphatic rings. The van der Waals surface area contributed by atoms with Gasteiger partial charge in [0.05, 0.1) is 34.3 Å². The topological polar surface area (TPSA) is 85.8 Å². The number of non-ortho nitro benzene ring substituents is 1. The predicted octanol–water partition coefficient (Wildman–Crippen LogP) is 5.58. The van der Waals surface area contributed by atoms with Gasteiger partial charge in [-0.05, 0) is 36.8 Å². The van der Waals surface area contributed by atoms with Crippen molar-refractivity contribution in [1.29, 1.82) is 0 Å². The number of hydrogen-bond donors (Lipinski definition) is 0. The summed E-state index contributed by atoms with van der Waals surface area (Å²) < 4.78 is 11.6. The number of thiocarbonyl (C=S) groups is 1. The fourth-order valence-corrected chi connectivity index (χ4v) is 4.46. The molecule has 1 aliphatic heterocycles. The summed E-state index contributed by atoms with van der Waals surface area (Å²) in [6.45, 7) is 1.92. The molecule has 1 aromatic heterocycles. The highest BCUT2D eigenvalue weighted by Crippen LogP contribution is 2.39. The maximum Gasteiger partial charge on any atom is 0.273 e. The third-order valence-electron chi connectivity index (χ3n) is 4.71. The van der Waals surface area contributed by atoms with Gasteiger partial charge in [-0.1, -0.05) is 42.2 Å². The number of benzene rings is 2. The largest absolute Gasteiger partial charge is 0.496 e. The molecule has 1 amide bonds. The van der Waals surface area contributed by atoms with Gasteiger partial charge in [0, 0.05) is 12.1 Å². The van der Waals surface area contributed by atoms with Crippen LogP contribution in [0.1, 0.15) is 11.3 Å². The number of aryl methyl sites for hydroxylation is 1. The number of carbonyl (C=O) groups is 1. The van der Waals surface area contributed by atoms with Gasteiger partial charge in [-0.25, -0.2) is 0 Å². The monoisotopic (exact) mass is 452 g/mol. The Morgan fingerprint density at radius 3 is 2.68 bits per heavy atom. The van der Waals surface area contributed by atoms with E-state index in [9.17, 15) is 14.9 Å². The van der Waals surface area contributed by atoms with Gasteiger partial charge < -0.3 is 9.15 Å². The second-order valence-electron chi connectivity index (χ2n) is 6.65. The second-order valence-corrected chi connectivity index (χ2v) is 8.32. The number of rotatable bonds is 5. The van der Waals surface area contributed by atoms with Crippen molar-refractivity contribution in [1.82, 2.24) is 0 Å². The van der Waals surface area contributed by atoms with E-state index in [0.29, 0.717) is 32.1 Å². The first-order valence-corrected chi connectivity index (χ1v) is 10.4. The maximum absolute atomic E-state index is 13.0. The summed E-state index contributed by atoms with van der Waals surface area (Å²) in [6, 6.07) is 15.3. The highest BCUT2D eigenvalue weighted by Gasteiger charge is 2.34. The number of methoxy groups -OCH3 is 1. The Bertz CT molecular complexity index is 1250. The van der Waals surface area contributed by atoms with E-state index < -0.39 is 4.92 Å². The number of ether oxygens (including phenoxy) is 1. The number of thioether (sulfide) groups is 1. The molecule has 31 heavy (non-hydrogen) atoms. The summed E-state index contributed by atoms with van der Waals surface area (Å²) in [4.78, 5) is 25.4. The van der Waals surface area contributed by atoms with Crippen molar-refractivity contribution in [3.8, 4) is 17.1 Å². The van der Waals surface area contributed by atoms with Crippen LogP contribution in [-0.4, -0.2) is 22.3 Å². The molecule has 0 spiro atoms. The lowest BCUT2D eigenvalue weighted by atomic mass is 10.1. The van der Waals surface area contributed by atoms with Crippen molar-refractivity contribution in [2.24, 2.45) is 0 Å². The number of nitrogens with zero attached hydrogens (tertiary/aromatic N) is 2. The molecule has 4 rings (SSSR count). The minimum absolute atomic E-state index is 0.0766. The van der Waals surface area contributed by atoms with Gasteiger partial charge in [-0.3, -0.25) is 19.8 Å². The molecule has 0 N–H and O–H groups in total. The fraction of sp³-hybridized carbons (Fsp3) is 0.0909. The lowest BCUT2D eigenvalue weighted by Crippen LogP contribution is -2.28. The molecular weight excluding hydrogens is 436 g/mol. The van der Waals surface area contributed by atoms with Crippen molar-refractivity contribution < 1.29 is 18.9 Å². The van der Waals surface area contributed by atoms with E-state index in [1.165, 1.54) is 35.9 Å². The maximum atomic E-state index is 13.0. The highest BCUT2D eigenvalue weighted by molar-refractivity contribution is 8.27. The van der Waals surface area contributed by atoms with Gasteiger partial charge in [0.1, 0.15) is 17.3 Å². The van der Waals surface area contributed by atoms with E-state index in [0.717, 1.165) is 11.3 Å². The smallest absolute Gasteiger partial charge is 0.273 e. The number of amides is 1. The Morgan fingerprint density at radius 1 is 1.19 bits per heavy atom. The molecule has 9 heteroatoms. The van der Waals surface area contributed by atoms with Crippen LogP contribution in [0.15, 0.2) is 63.9 Å². The van der Waals surface area contributed by atoms with Crippen LogP contribution in [0.4, 0.5) is 11.4 Å². The first-order chi connectivity index (χ1) is 14.9. The van der Waals surface area contributed by atoms with Crippen molar-refractivity contribution in [2.45, 2.75) is 6.92 Å². The molecule has 0 atom stereocenters. The van der Waals surface area contributed by atoms with Crippen LogP contribution in [0.3, 0.4) is 0 Å². The Kier molecular flexibility index (Phi) is 5.62. The van der Waals surface area contributed by atoms with E-state index in [2.05, 4.69) is 0 Å². The number of nitro groups is 1. The normalized spacial score (nSPS) is 15.0. The van der Waals surface area contributed by atoms with Gasteiger partial charge >= 0.3 is 0 Å². The molecule has 7 nitrogen and oxygen atoms in total. The van der Waals surface area contributed by atoms with Crippen molar-refractivity contribution in [3.05, 3.63) is 80.9 Å². The molecular formula is C22H16N2O5S2. The lowest BCUT2D eigenvalue weighted by Gasteiger charge is -2.16. The number of carbonyl (C=O) groups excluding carboxylic acids is 1. The summed E-state index contributed by atoms with van der Waals surface area (Å²) in [5.41, 5.74) is 2.20. The van der Waals surface area contributed by atoms with Gasteiger partial charge in [-0.15, -0.1) is 0 Å². The van der Waals surface area contributed by atoms with Crippen molar-refractivity contribution in [3.63, 3.8) is 0 Å². The fourth-order valence-electron chi connectivity index (χ4n) is 3.19. The zero-order chi connectivity index (χ0) is 22.1. The average Bonchev–Trinajstić information content (AvgIpc) is 3.32. The van der Waals surface area contributed by atoms with Crippen LogP contribution < -0.4 is 9.64 Å². The Balaban J connectivity index is 1.64. The predicted molar refractivity (Wildman–Crippen MR) is 124 cm³/mol. The van der Waals surface area contributed by atoms with E-state index in [1.807, 2.05) is 31.2 Å². The molecule has 0 radical (unpaired) electrons. The second kappa shape index (κ2) is 8.37. The molecule has 0 aliphatic carbocycles. The number of anilines is 1. The molecule has 1 fully saturated rings. The minimum Gasteiger partial charge on any atom is -0.496 e. The van der Waals surface area contributed by atoms with E-state index in [-0.39, 0.29) is 11.6 Å². The Labute approximate surface area is 187 Å². The van der Waals surface area contributed by atoms with Crippen molar-refractivity contribution >= 4 is 51.7 Å². The first kappa shape index (κ1) is 20.8. The minimum atomic E-state index is -0.490. The molecule has 0 unspecified atom stereocenters. The van der Waals surface area contributed by atoms with Gasteiger partial charge in [0.25, 0.3) is 11.6 Å². The summed E-state index contributed by atoms with van der Waals surface area (Å²) in [5.74, 6) is 1.03. The van der Waals surface area contributed by atoms with E-state index in [4.69, 9.17) is 21.4 Å². The van der Waals surface area contributed by atoms with Crippen LogP contribution in [0, 0.1) is 17.0 Å². The zero-order valence-electron chi connectivity index (χ0n) is 16.5. The SMILES string of the molecule is COc1cc([N+](=O)[O-])ccc1-c1ccc(/C=C2/SC(=S)N(c3ccccc3C)C2=O)o1. The molecule has 2 aromatic carbocycles. The Morgan fingerprint density at radius 2 is 1.97 bits per heavy atom. The van der Waals surface area contributed by atoms with Crippen LogP contribution in [-0.2, 0) is 4.79 Å². The first-order valence-electron chi connectivity index (χ1n) is 9.15. The molecule has 1 saturated heterocycles. The van der Waals surface area contributed by atoms with Crippen molar-refractivity contribution in [2.75, 3.05) is 12.0 Å². The summed E-state index contributed by atoms with van der Waals surface area (Å²) in [6.07, 6.45) is 1.64. The zero-order valence-corrected chi connectivity index (χ0v) is 18.2. The molecule has 156 valence electrons. The number of nitro benzene ring substituents is 1. The number of furan rings is 1. The van der Waals surface area contributed by atoms with Gasteiger partial charge in [0.15, 0.2) is 4.32 Å². The quantitative estimate of drug-likeness (QED) is 0.216. The lowest BCUT2D eigenvalue weighted by molar-refractivity contribution is -0.384. The molecule has 0 saturated carbocycles. The third kappa shape index (κ3) is 3.97.